The van der Waals surface area contributed by atoms with Crippen LogP contribution in [0.25, 0.3) is 0 Å². The van der Waals surface area contributed by atoms with Crippen molar-refractivity contribution < 1.29 is 8.42 Å². The minimum absolute atomic E-state index is 0.0490. The number of nitrogens with one attached hydrogen (secondary N) is 1. The van der Waals surface area contributed by atoms with E-state index >= 15 is 0 Å². The molecule has 0 aromatic carbocycles. The summed E-state index contributed by atoms with van der Waals surface area (Å²) in [5.74, 6) is 1.14. The number of rotatable bonds is 5. The van der Waals surface area contributed by atoms with Crippen molar-refractivity contribution in [3.63, 3.8) is 0 Å². The molecular formula is C13H22N4O2S. The minimum atomic E-state index is -2.90. The number of hydrogen-bond acceptors (Lipinski definition) is 6. The molecule has 1 fully saturated rings. The smallest absolute Gasteiger partial charge is 0.154 e. The van der Waals surface area contributed by atoms with Gasteiger partial charge in [0, 0.05) is 19.1 Å². The highest BCUT2D eigenvalue weighted by molar-refractivity contribution is 7.91. The lowest BCUT2D eigenvalue weighted by atomic mass is 10.3. The molecule has 1 aromatic rings. The lowest BCUT2D eigenvalue weighted by molar-refractivity contribution is 0.566. The Morgan fingerprint density at radius 2 is 2.20 bits per heavy atom. The van der Waals surface area contributed by atoms with Gasteiger partial charge in [0.05, 0.1) is 29.6 Å². The molecule has 20 heavy (non-hydrogen) atoms. The molecule has 1 unspecified atom stereocenters. The van der Waals surface area contributed by atoms with Crippen LogP contribution in [-0.2, 0) is 16.4 Å². The Balaban J connectivity index is 1.99. The van der Waals surface area contributed by atoms with Crippen LogP contribution < -0.4 is 10.2 Å². The van der Waals surface area contributed by atoms with Crippen LogP contribution in [0, 0.1) is 0 Å². The predicted octanol–water partition coefficient (Wildman–Crippen LogP) is 0.599. The van der Waals surface area contributed by atoms with E-state index in [2.05, 4.69) is 22.2 Å². The van der Waals surface area contributed by atoms with Gasteiger partial charge in [-0.25, -0.2) is 13.4 Å². The van der Waals surface area contributed by atoms with Gasteiger partial charge >= 0.3 is 0 Å². The van der Waals surface area contributed by atoms with E-state index in [-0.39, 0.29) is 17.5 Å². The highest BCUT2D eigenvalue weighted by Crippen LogP contribution is 2.18. The highest BCUT2D eigenvalue weighted by Gasteiger charge is 2.28. The fourth-order valence-corrected chi connectivity index (χ4v) is 3.88. The molecule has 1 N–H and O–H groups in total. The van der Waals surface area contributed by atoms with Crippen molar-refractivity contribution in [1.82, 2.24) is 15.3 Å². The van der Waals surface area contributed by atoms with E-state index in [1.54, 1.807) is 12.4 Å². The summed E-state index contributed by atoms with van der Waals surface area (Å²) >= 11 is 0. The summed E-state index contributed by atoms with van der Waals surface area (Å²) < 4.78 is 23.1. The Hall–Kier alpha value is -1.21. The molecule has 0 aliphatic carbocycles. The van der Waals surface area contributed by atoms with E-state index in [1.165, 1.54) is 0 Å². The molecule has 2 heterocycles. The molecule has 0 amide bonds. The van der Waals surface area contributed by atoms with Gasteiger partial charge in [0.2, 0.25) is 0 Å². The first-order valence-electron chi connectivity index (χ1n) is 7.00. The van der Waals surface area contributed by atoms with E-state index in [0.717, 1.165) is 24.5 Å². The van der Waals surface area contributed by atoms with Crippen molar-refractivity contribution in [2.45, 2.75) is 32.9 Å². The van der Waals surface area contributed by atoms with Gasteiger partial charge in [0.1, 0.15) is 5.82 Å². The molecule has 1 aromatic heterocycles. The maximum atomic E-state index is 11.6. The summed E-state index contributed by atoms with van der Waals surface area (Å²) in [4.78, 5) is 10.8. The van der Waals surface area contributed by atoms with Crippen molar-refractivity contribution in [3.8, 4) is 0 Å². The summed E-state index contributed by atoms with van der Waals surface area (Å²) in [7, 11) is -2.90. The first-order valence-corrected chi connectivity index (χ1v) is 8.82. The molecule has 1 aliphatic heterocycles. The van der Waals surface area contributed by atoms with Gasteiger partial charge in [-0.3, -0.25) is 4.98 Å². The SMILES string of the molecule is CCCNCc1cnc(N2CCS(=O)(=O)CC2C)cn1. The fraction of sp³-hybridized carbons (Fsp3) is 0.692. The first kappa shape index (κ1) is 15.2. The number of aromatic nitrogens is 2. The Morgan fingerprint density at radius 3 is 2.80 bits per heavy atom. The predicted molar refractivity (Wildman–Crippen MR) is 79.5 cm³/mol. The van der Waals surface area contributed by atoms with Gasteiger partial charge in [-0.1, -0.05) is 6.92 Å². The summed E-state index contributed by atoms with van der Waals surface area (Å²) in [6.07, 6.45) is 4.58. The van der Waals surface area contributed by atoms with Gasteiger partial charge < -0.3 is 10.2 Å². The normalized spacial score (nSPS) is 21.9. The largest absolute Gasteiger partial charge is 0.351 e. The van der Waals surface area contributed by atoms with Crippen LogP contribution in [0.4, 0.5) is 5.82 Å². The molecule has 1 aliphatic rings. The van der Waals surface area contributed by atoms with E-state index in [1.807, 2.05) is 11.8 Å². The zero-order valence-corrected chi connectivity index (χ0v) is 12.9. The molecule has 0 spiro atoms. The number of hydrogen-bond donors (Lipinski definition) is 1. The zero-order valence-electron chi connectivity index (χ0n) is 12.0. The number of sulfone groups is 1. The Bertz CT molecular complexity index is 530. The van der Waals surface area contributed by atoms with Crippen molar-refractivity contribution in [3.05, 3.63) is 18.1 Å². The van der Waals surface area contributed by atoms with Crippen LogP contribution >= 0.6 is 0 Å². The lowest BCUT2D eigenvalue weighted by Gasteiger charge is -2.33. The maximum absolute atomic E-state index is 11.6. The van der Waals surface area contributed by atoms with Crippen LogP contribution in [0.2, 0.25) is 0 Å². The quantitative estimate of drug-likeness (QED) is 0.802. The van der Waals surface area contributed by atoms with Gasteiger partial charge in [-0.15, -0.1) is 0 Å². The molecule has 7 heteroatoms. The van der Waals surface area contributed by atoms with E-state index in [9.17, 15) is 8.42 Å². The van der Waals surface area contributed by atoms with Crippen LogP contribution in [0.15, 0.2) is 12.4 Å². The summed E-state index contributed by atoms with van der Waals surface area (Å²) in [6, 6.07) is -0.0490. The maximum Gasteiger partial charge on any atom is 0.154 e. The average molecular weight is 298 g/mol. The van der Waals surface area contributed by atoms with Crippen LogP contribution in [0.1, 0.15) is 26.0 Å². The standard InChI is InChI=1S/C13H22N4O2S/c1-3-4-14-7-12-8-16-13(9-15-12)17-5-6-20(18,19)10-11(17)2/h8-9,11,14H,3-7,10H2,1-2H3. The summed E-state index contributed by atoms with van der Waals surface area (Å²) in [6.45, 7) is 6.20. The van der Waals surface area contributed by atoms with Crippen molar-refractivity contribution in [2.24, 2.45) is 0 Å². The third-order valence-electron chi connectivity index (χ3n) is 3.39. The topological polar surface area (TPSA) is 75.2 Å². The Kier molecular flexibility index (Phi) is 4.93. The fourth-order valence-electron chi connectivity index (χ4n) is 2.32. The average Bonchev–Trinajstić information content (AvgIpc) is 2.39. The molecule has 0 bridgehead atoms. The van der Waals surface area contributed by atoms with Crippen molar-refractivity contribution in [2.75, 3.05) is 29.5 Å². The number of nitrogens with zero attached hydrogens (tertiary/aromatic N) is 3. The third kappa shape index (κ3) is 3.89. The minimum Gasteiger partial charge on any atom is -0.351 e. The van der Waals surface area contributed by atoms with Gasteiger partial charge in [-0.05, 0) is 19.9 Å². The monoisotopic (exact) mass is 298 g/mol. The summed E-state index contributed by atoms with van der Waals surface area (Å²) in [5.41, 5.74) is 0.902. The summed E-state index contributed by atoms with van der Waals surface area (Å²) in [5, 5.41) is 3.27. The van der Waals surface area contributed by atoms with Crippen LogP contribution in [0.3, 0.4) is 0 Å². The first-order chi connectivity index (χ1) is 9.52. The van der Waals surface area contributed by atoms with Crippen molar-refractivity contribution in [1.29, 1.82) is 0 Å². The van der Waals surface area contributed by atoms with Gasteiger partial charge in [-0.2, -0.15) is 0 Å². The Labute approximate surface area is 120 Å². The molecule has 6 nitrogen and oxygen atoms in total. The second kappa shape index (κ2) is 6.49. The van der Waals surface area contributed by atoms with Crippen LogP contribution in [-0.4, -0.2) is 49.0 Å². The number of anilines is 1. The second-order valence-electron chi connectivity index (χ2n) is 5.20. The van der Waals surface area contributed by atoms with Gasteiger partial charge in [0.25, 0.3) is 0 Å². The van der Waals surface area contributed by atoms with E-state index in [4.69, 9.17) is 0 Å². The second-order valence-corrected chi connectivity index (χ2v) is 7.43. The van der Waals surface area contributed by atoms with Crippen LogP contribution in [0.5, 0.6) is 0 Å². The van der Waals surface area contributed by atoms with Crippen molar-refractivity contribution >= 4 is 15.7 Å². The lowest BCUT2D eigenvalue weighted by Crippen LogP contribution is -2.47. The molecule has 0 saturated carbocycles. The molecule has 2 rings (SSSR count). The third-order valence-corrected chi connectivity index (χ3v) is 5.18. The molecule has 0 radical (unpaired) electrons. The zero-order chi connectivity index (χ0) is 14.6. The van der Waals surface area contributed by atoms with E-state index < -0.39 is 9.84 Å². The Morgan fingerprint density at radius 1 is 1.40 bits per heavy atom. The highest BCUT2D eigenvalue weighted by atomic mass is 32.2. The van der Waals surface area contributed by atoms with E-state index in [0.29, 0.717) is 13.1 Å². The molecule has 1 saturated heterocycles. The molecule has 1 atom stereocenters. The molecular weight excluding hydrogens is 276 g/mol. The van der Waals surface area contributed by atoms with Gasteiger partial charge in [0.15, 0.2) is 9.84 Å². The molecule has 112 valence electrons.